The molecule has 0 aliphatic carbocycles. The Morgan fingerprint density at radius 1 is 0.750 bits per heavy atom. The van der Waals surface area contributed by atoms with Gasteiger partial charge in [-0.1, -0.05) is 83.1 Å². The molecule has 7 rings (SSSR count). The van der Waals surface area contributed by atoms with Crippen molar-refractivity contribution in [3.8, 4) is 0 Å². The lowest BCUT2D eigenvalue weighted by atomic mass is 9.84. The van der Waals surface area contributed by atoms with E-state index in [-0.39, 0.29) is 5.41 Å². The van der Waals surface area contributed by atoms with E-state index in [2.05, 4.69) is 124 Å². The topological polar surface area (TPSA) is 8.29 Å². The third-order valence-corrected chi connectivity index (χ3v) is 8.39. The van der Waals surface area contributed by atoms with Gasteiger partial charge in [0.2, 0.25) is 5.52 Å². The van der Waals surface area contributed by atoms with Crippen LogP contribution < -0.4 is 4.57 Å². The van der Waals surface area contributed by atoms with Crippen LogP contribution >= 0.6 is 0 Å². The van der Waals surface area contributed by atoms with Crippen LogP contribution in [-0.4, -0.2) is 4.40 Å². The van der Waals surface area contributed by atoms with E-state index in [1.165, 1.54) is 76.5 Å². The van der Waals surface area contributed by atoms with Gasteiger partial charge >= 0.3 is 0 Å². The SMILES string of the molecule is Cc1c2ccccc2c(C(C)C)c2c1c1c3c(ccc4c5c(C(C)(C)C)cccc5n2c43)cc[n+]1C. The van der Waals surface area contributed by atoms with Gasteiger partial charge in [-0.3, -0.25) is 0 Å². The molecule has 7 aromatic rings. The van der Waals surface area contributed by atoms with Crippen molar-refractivity contribution in [2.45, 2.75) is 52.9 Å². The Balaban J connectivity index is 1.97. The van der Waals surface area contributed by atoms with Crippen LogP contribution in [0.4, 0.5) is 0 Å². The Morgan fingerprint density at radius 3 is 2.22 bits per heavy atom. The van der Waals surface area contributed by atoms with Crippen LogP contribution in [0.1, 0.15) is 57.2 Å². The predicted molar refractivity (Wildman–Crippen MR) is 155 cm³/mol. The molecule has 36 heavy (non-hydrogen) atoms. The van der Waals surface area contributed by atoms with Crippen LogP contribution in [0.2, 0.25) is 0 Å². The van der Waals surface area contributed by atoms with Gasteiger partial charge in [0.15, 0.2) is 6.20 Å². The molecule has 0 bridgehead atoms. The highest BCUT2D eigenvalue weighted by molar-refractivity contribution is 6.29. The lowest BCUT2D eigenvalue weighted by Crippen LogP contribution is -2.29. The number of fused-ring (bicyclic) bond motifs is 7. The summed E-state index contributed by atoms with van der Waals surface area (Å²) in [5.74, 6) is 0.386. The Hall–Kier alpha value is -3.65. The maximum Gasteiger partial charge on any atom is 0.224 e. The van der Waals surface area contributed by atoms with Crippen molar-refractivity contribution in [3.05, 3.63) is 83.6 Å². The molecule has 2 nitrogen and oxygen atoms in total. The fourth-order valence-electron chi connectivity index (χ4n) is 6.89. The first-order valence-electron chi connectivity index (χ1n) is 13.1. The summed E-state index contributed by atoms with van der Waals surface area (Å²) in [5.41, 5.74) is 9.66. The molecule has 0 aliphatic heterocycles. The molecular formula is C34H33N2+. The fraction of sp³-hybridized carbons (Fsp3) is 0.265. The number of benzene rings is 4. The van der Waals surface area contributed by atoms with E-state index in [1.54, 1.807) is 0 Å². The zero-order valence-corrected chi connectivity index (χ0v) is 22.3. The minimum absolute atomic E-state index is 0.0504. The van der Waals surface area contributed by atoms with E-state index < -0.39 is 0 Å². The van der Waals surface area contributed by atoms with Gasteiger partial charge in [0.05, 0.1) is 27.3 Å². The molecule has 2 heteroatoms. The smallest absolute Gasteiger partial charge is 0.224 e. The molecule has 178 valence electrons. The van der Waals surface area contributed by atoms with Gasteiger partial charge in [-0.25, -0.2) is 4.57 Å². The normalized spacial score (nSPS) is 13.1. The molecule has 0 atom stereocenters. The van der Waals surface area contributed by atoms with Gasteiger partial charge in [0, 0.05) is 16.8 Å². The molecule has 0 fully saturated rings. The average molecular weight is 470 g/mol. The molecular weight excluding hydrogens is 436 g/mol. The van der Waals surface area contributed by atoms with Crippen LogP contribution in [0, 0.1) is 6.92 Å². The number of rotatable bonds is 1. The molecule has 0 radical (unpaired) electrons. The molecule has 0 saturated carbocycles. The number of aryl methyl sites for hydroxylation is 2. The average Bonchev–Trinajstić information content (AvgIpc) is 3.19. The summed E-state index contributed by atoms with van der Waals surface area (Å²) in [6, 6.07) is 22.9. The third kappa shape index (κ3) is 2.55. The monoisotopic (exact) mass is 469 g/mol. The largest absolute Gasteiger partial charge is 0.307 e. The minimum Gasteiger partial charge on any atom is -0.307 e. The molecule has 0 spiro atoms. The van der Waals surface area contributed by atoms with Crippen molar-refractivity contribution >= 4 is 59.8 Å². The first-order valence-corrected chi connectivity index (χ1v) is 13.1. The Labute approximate surface area is 212 Å². The molecule has 0 aliphatic rings. The lowest BCUT2D eigenvalue weighted by Gasteiger charge is -2.21. The Kier molecular flexibility index (Phi) is 4.19. The second-order valence-corrected chi connectivity index (χ2v) is 11.9. The summed E-state index contributed by atoms with van der Waals surface area (Å²) in [5, 5.41) is 9.55. The summed E-state index contributed by atoms with van der Waals surface area (Å²) >= 11 is 0. The second-order valence-electron chi connectivity index (χ2n) is 11.9. The van der Waals surface area contributed by atoms with Crippen molar-refractivity contribution in [3.63, 3.8) is 0 Å². The van der Waals surface area contributed by atoms with Crippen molar-refractivity contribution in [1.29, 1.82) is 0 Å². The van der Waals surface area contributed by atoms with Crippen LogP contribution in [0.25, 0.3) is 59.8 Å². The van der Waals surface area contributed by atoms with Gasteiger partial charge in [0.1, 0.15) is 7.05 Å². The van der Waals surface area contributed by atoms with Crippen LogP contribution in [0.15, 0.2) is 66.9 Å². The van der Waals surface area contributed by atoms with E-state index in [0.29, 0.717) is 5.92 Å². The fourth-order valence-corrected chi connectivity index (χ4v) is 6.89. The van der Waals surface area contributed by atoms with E-state index in [1.807, 2.05) is 0 Å². The lowest BCUT2D eigenvalue weighted by molar-refractivity contribution is -0.643. The summed E-state index contributed by atoms with van der Waals surface area (Å²) in [7, 11) is 2.21. The Morgan fingerprint density at radius 2 is 1.50 bits per heavy atom. The molecule has 0 amide bonds. The standard InChI is InChI=1S/C34H33N2/c1-19(2)27-23-12-9-8-11-22(23)20(3)28-32-29-21(17-18-35(32)7)15-16-24-30-25(34(4,5)6)13-10-14-26(30)36(31(24)29)33(27)28/h8-19H,1-7H3/q+1. The summed E-state index contributed by atoms with van der Waals surface area (Å²) in [4.78, 5) is 0. The maximum absolute atomic E-state index is 2.62. The molecule has 3 aromatic heterocycles. The summed E-state index contributed by atoms with van der Waals surface area (Å²) in [6.07, 6.45) is 2.23. The van der Waals surface area contributed by atoms with Crippen molar-refractivity contribution in [2.24, 2.45) is 7.05 Å². The highest BCUT2D eigenvalue weighted by atomic mass is 15.0. The predicted octanol–water partition coefficient (Wildman–Crippen LogP) is 8.70. The van der Waals surface area contributed by atoms with Crippen LogP contribution in [0.3, 0.4) is 0 Å². The number of aromatic nitrogens is 2. The molecule has 4 aromatic carbocycles. The molecule has 0 saturated heterocycles. The highest BCUT2D eigenvalue weighted by Gasteiger charge is 2.29. The van der Waals surface area contributed by atoms with E-state index in [9.17, 15) is 0 Å². The van der Waals surface area contributed by atoms with E-state index in [0.717, 1.165) is 0 Å². The van der Waals surface area contributed by atoms with Crippen molar-refractivity contribution in [2.75, 3.05) is 0 Å². The first-order chi connectivity index (χ1) is 17.2. The zero-order valence-electron chi connectivity index (χ0n) is 22.3. The van der Waals surface area contributed by atoms with Crippen LogP contribution in [0.5, 0.6) is 0 Å². The summed E-state index contributed by atoms with van der Waals surface area (Å²) < 4.78 is 4.97. The minimum atomic E-state index is 0.0504. The van der Waals surface area contributed by atoms with Gasteiger partial charge in [0.25, 0.3) is 0 Å². The second kappa shape index (κ2) is 6.97. The first kappa shape index (κ1) is 21.6. The summed E-state index contributed by atoms with van der Waals surface area (Å²) in [6.45, 7) is 14.0. The number of pyridine rings is 2. The van der Waals surface area contributed by atoms with Gasteiger partial charge in [-0.2, -0.15) is 0 Å². The Bertz CT molecular complexity index is 2010. The third-order valence-electron chi connectivity index (χ3n) is 8.39. The number of hydrogen-bond acceptors (Lipinski definition) is 0. The van der Waals surface area contributed by atoms with Crippen molar-refractivity contribution in [1.82, 2.24) is 4.40 Å². The van der Waals surface area contributed by atoms with Gasteiger partial charge in [-0.05, 0) is 57.2 Å². The number of hydrogen-bond donors (Lipinski definition) is 0. The van der Waals surface area contributed by atoms with Gasteiger partial charge in [-0.15, -0.1) is 0 Å². The molecule has 3 heterocycles. The van der Waals surface area contributed by atoms with Crippen molar-refractivity contribution < 1.29 is 4.57 Å². The van der Waals surface area contributed by atoms with E-state index >= 15 is 0 Å². The number of nitrogens with zero attached hydrogens (tertiary/aromatic N) is 2. The zero-order chi connectivity index (χ0) is 25.1. The highest BCUT2D eigenvalue weighted by Crippen LogP contribution is 2.47. The molecule has 0 N–H and O–H groups in total. The van der Waals surface area contributed by atoms with Crippen LogP contribution in [-0.2, 0) is 12.5 Å². The van der Waals surface area contributed by atoms with E-state index in [4.69, 9.17) is 0 Å². The van der Waals surface area contributed by atoms with Gasteiger partial charge < -0.3 is 4.40 Å². The molecule has 0 unspecified atom stereocenters. The maximum atomic E-state index is 2.62. The quantitative estimate of drug-likeness (QED) is 0.129.